The number of hydrogen-bond donors (Lipinski definition) is 0. The predicted octanol–water partition coefficient (Wildman–Crippen LogP) is 3.31. The molecule has 5 nitrogen and oxygen atoms in total. The van der Waals surface area contributed by atoms with Gasteiger partial charge in [-0.25, -0.2) is 9.67 Å². The topological polar surface area (TPSA) is 51.0 Å². The maximum absolute atomic E-state index is 12.5. The number of hydrogen-bond acceptors (Lipinski definition) is 3. The Morgan fingerprint density at radius 2 is 2.17 bits per heavy atom. The standard InChI is InChI=1S/C15H14ClF3N4O/c16-11-4-1-3-10(7-11)12-5-2-6-23(12)13(24)8-22-9-20-14(21-22)15(17,18)19/h1,3-4,7,9,12H,2,5-6,8H2. The van der Waals surface area contributed by atoms with Gasteiger partial charge >= 0.3 is 6.18 Å². The Morgan fingerprint density at radius 3 is 2.83 bits per heavy atom. The van der Waals surface area contributed by atoms with Gasteiger partial charge in [0.1, 0.15) is 12.9 Å². The number of carbonyl (C=O) groups excluding carboxylic acids is 1. The van der Waals surface area contributed by atoms with Crippen molar-refractivity contribution < 1.29 is 18.0 Å². The fraction of sp³-hybridized carbons (Fsp3) is 0.400. The molecule has 0 saturated carbocycles. The average Bonchev–Trinajstić information content (AvgIpc) is 3.15. The Kier molecular flexibility index (Phi) is 4.49. The van der Waals surface area contributed by atoms with Crippen molar-refractivity contribution in [3.8, 4) is 0 Å². The van der Waals surface area contributed by atoms with Gasteiger partial charge in [-0.2, -0.15) is 13.2 Å². The summed E-state index contributed by atoms with van der Waals surface area (Å²) in [7, 11) is 0. The molecule has 0 spiro atoms. The van der Waals surface area contributed by atoms with Crippen LogP contribution in [0, 0.1) is 0 Å². The molecule has 0 aliphatic carbocycles. The first kappa shape index (κ1) is 16.8. The highest BCUT2D eigenvalue weighted by Gasteiger charge is 2.36. The van der Waals surface area contributed by atoms with Gasteiger partial charge in [-0.1, -0.05) is 23.7 Å². The van der Waals surface area contributed by atoms with Crippen LogP contribution >= 0.6 is 11.6 Å². The van der Waals surface area contributed by atoms with Crippen LogP contribution in [0.15, 0.2) is 30.6 Å². The van der Waals surface area contributed by atoms with E-state index in [9.17, 15) is 18.0 Å². The summed E-state index contributed by atoms with van der Waals surface area (Å²) in [6, 6.07) is 7.13. The second-order valence-corrected chi connectivity index (χ2v) is 6.00. The molecule has 1 aromatic heterocycles. The van der Waals surface area contributed by atoms with Gasteiger partial charge in [-0.05, 0) is 30.5 Å². The molecule has 2 aromatic rings. The maximum Gasteiger partial charge on any atom is 0.453 e. The van der Waals surface area contributed by atoms with E-state index in [0.29, 0.717) is 11.6 Å². The van der Waals surface area contributed by atoms with E-state index < -0.39 is 12.0 Å². The number of nitrogens with zero attached hydrogens (tertiary/aromatic N) is 4. The van der Waals surface area contributed by atoms with Crippen LogP contribution in [-0.2, 0) is 17.5 Å². The molecule has 1 fully saturated rings. The smallest absolute Gasteiger partial charge is 0.334 e. The minimum Gasteiger partial charge on any atom is -0.334 e. The highest BCUT2D eigenvalue weighted by molar-refractivity contribution is 6.30. The van der Waals surface area contributed by atoms with Crippen molar-refractivity contribution in [1.29, 1.82) is 0 Å². The van der Waals surface area contributed by atoms with Crippen LogP contribution in [0.25, 0.3) is 0 Å². The number of likely N-dealkylation sites (tertiary alicyclic amines) is 1. The van der Waals surface area contributed by atoms with E-state index in [2.05, 4.69) is 10.1 Å². The Bertz CT molecular complexity index is 746. The number of alkyl halides is 3. The summed E-state index contributed by atoms with van der Waals surface area (Å²) < 4.78 is 38.5. The van der Waals surface area contributed by atoms with Crippen LogP contribution < -0.4 is 0 Å². The Hall–Kier alpha value is -2.09. The summed E-state index contributed by atoms with van der Waals surface area (Å²) in [5.41, 5.74) is 0.919. The van der Waals surface area contributed by atoms with E-state index in [-0.39, 0.29) is 18.5 Å². The van der Waals surface area contributed by atoms with Crippen molar-refractivity contribution in [3.63, 3.8) is 0 Å². The Balaban J connectivity index is 1.73. The summed E-state index contributed by atoms with van der Waals surface area (Å²) in [4.78, 5) is 17.3. The second kappa shape index (κ2) is 6.43. The first-order valence-electron chi connectivity index (χ1n) is 7.36. The van der Waals surface area contributed by atoms with E-state index in [1.165, 1.54) is 0 Å². The number of rotatable bonds is 3. The van der Waals surface area contributed by atoms with E-state index in [1.807, 2.05) is 12.1 Å². The molecule has 1 unspecified atom stereocenters. The third kappa shape index (κ3) is 3.53. The zero-order valence-electron chi connectivity index (χ0n) is 12.5. The largest absolute Gasteiger partial charge is 0.453 e. The molecule has 24 heavy (non-hydrogen) atoms. The van der Waals surface area contributed by atoms with E-state index in [0.717, 1.165) is 29.4 Å². The summed E-state index contributed by atoms with van der Waals surface area (Å²) in [6.45, 7) is 0.275. The Morgan fingerprint density at radius 1 is 1.38 bits per heavy atom. The molecule has 1 amide bonds. The fourth-order valence-corrected chi connectivity index (χ4v) is 3.05. The molecule has 2 heterocycles. The van der Waals surface area contributed by atoms with Crippen molar-refractivity contribution in [3.05, 3.63) is 47.0 Å². The first-order chi connectivity index (χ1) is 11.3. The van der Waals surface area contributed by atoms with E-state index in [4.69, 9.17) is 11.6 Å². The van der Waals surface area contributed by atoms with Crippen molar-refractivity contribution in [2.24, 2.45) is 0 Å². The molecule has 0 bridgehead atoms. The Labute approximate surface area is 141 Å². The normalized spacial score (nSPS) is 18.2. The number of halogens is 4. The van der Waals surface area contributed by atoms with Crippen LogP contribution in [-0.4, -0.2) is 32.1 Å². The van der Waals surface area contributed by atoms with Crippen LogP contribution in [0.5, 0.6) is 0 Å². The maximum atomic E-state index is 12.5. The van der Waals surface area contributed by atoms with Crippen LogP contribution in [0.2, 0.25) is 5.02 Å². The van der Waals surface area contributed by atoms with Gasteiger partial charge in [-0.3, -0.25) is 4.79 Å². The lowest BCUT2D eigenvalue weighted by Gasteiger charge is -2.25. The van der Waals surface area contributed by atoms with Gasteiger partial charge in [0, 0.05) is 11.6 Å². The quantitative estimate of drug-likeness (QED) is 0.845. The molecule has 1 aromatic carbocycles. The molecule has 1 atom stereocenters. The SMILES string of the molecule is O=C(Cn1cnc(C(F)(F)F)n1)N1CCCC1c1cccc(Cl)c1. The van der Waals surface area contributed by atoms with Crippen molar-refractivity contribution in [1.82, 2.24) is 19.7 Å². The highest BCUT2D eigenvalue weighted by atomic mass is 35.5. The zero-order valence-corrected chi connectivity index (χ0v) is 13.3. The van der Waals surface area contributed by atoms with Gasteiger partial charge in [-0.15, -0.1) is 5.10 Å². The minimum absolute atomic E-state index is 0.123. The lowest BCUT2D eigenvalue weighted by atomic mass is 10.0. The van der Waals surface area contributed by atoms with Crippen LogP contribution in [0.3, 0.4) is 0 Å². The van der Waals surface area contributed by atoms with E-state index in [1.54, 1.807) is 17.0 Å². The van der Waals surface area contributed by atoms with Crippen molar-refractivity contribution >= 4 is 17.5 Å². The molecule has 0 radical (unpaired) electrons. The van der Waals surface area contributed by atoms with Crippen LogP contribution in [0.4, 0.5) is 13.2 Å². The van der Waals surface area contributed by atoms with Gasteiger partial charge in [0.25, 0.3) is 5.82 Å². The van der Waals surface area contributed by atoms with Gasteiger partial charge in [0.2, 0.25) is 5.91 Å². The number of amides is 1. The molecule has 1 aliphatic heterocycles. The number of aromatic nitrogens is 3. The van der Waals surface area contributed by atoms with Crippen molar-refractivity contribution in [2.75, 3.05) is 6.54 Å². The fourth-order valence-electron chi connectivity index (χ4n) is 2.86. The van der Waals surface area contributed by atoms with Crippen LogP contribution in [0.1, 0.15) is 30.3 Å². The lowest BCUT2D eigenvalue weighted by molar-refractivity contribution is -0.145. The monoisotopic (exact) mass is 358 g/mol. The summed E-state index contributed by atoms with van der Waals surface area (Å²) >= 11 is 5.99. The second-order valence-electron chi connectivity index (χ2n) is 5.56. The third-order valence-corrected chi connectivity index (χ3v) is 4.13. The third-order valence-electron chi connectivity index (χ3n) is 3.89. The molecule has 1 aliphatic rings. The molecule has 0 N–H and O–H groups in total. The molecule has 3 rings (SSSR count). The highest BCUT2D eigenvalue weighted by Crippen LogP contribution is 2.33. The number of carbonyl (C=O) groups is 1. The summed E-state index contributed by atoms with van der Waals surface area (Å²) in [6.07, 6.45) is -2.08. The number of benzene rings is 1. The molecule has 9 heteroatoms. The summed E-state index contributed by atoms with van der Waals surface area (Å²) in [5, 5.41) is 3.90. The van der Waals surface area contributed by atoms with E-state index >= 15 is 0 Å². The average molecular weight is 359 g/mol. The molecular formula is C15H14ClF3N4O. The zero-order chi connectivity index (χ0) is 17.3. The van der Waals surface area contributed by atoms with Gasteiger partial charge in [0.05, 0.1) is 6.04 Å². The van der Waals surface area contributed by atoms with Gasteiger partial charge in [0.15, 0.2) is 0 Å². The first-order valence-corrected chi connectivity index (χ1v) is 7.74. The lowest BCUT2D eigenvalue weighted by Crippen LogP contribution is -2.33. The molecule has 128 valence electrons. The summed E-state index contributed by atoms with van der Waals surface area (Å²) in [5.74, 6) is -1.54. The van der Waals surface area contributed by atoms with Crippen molar-refractivity contribution in [2.45, 2.75) is 31.6 Å². The molecular weight excluding hydrogens is 345 g/mol. The van der Waals surface area contributed by atoms with Gasteiger partial charge < -0.3 is 4.90 Å². The minimum atomic E-state index is -4.62. The molecule has 1 saturated heterocycles. The predicted molar refractivity (Wildman–Crippen MR) is 80.2 cm³/mol.